The van der Waals surface area contributed by atoms with Crippen LogP contribution in [0.2, 0.25) is 10.0 Å². The van der Waals surface area contributed by atoms with Gasteiger partial charge in [-0.05, 0) is 61.7 Å². The fraction of sp³-hybridized carbons (Fsp3) is 0.333. The van der Waals surface area contributed by atoms with E-state index in [1.165, 1.54) is 6.08 Å². The summed E-state index contributed by atoms with van der Waals surface area (Å²) < 4.78 is 6.25. The molecular formula is C33H32Cl2N6O2. The second-order valence-electron chi connectivity index (χ2n) is 11.1. The van der Waals surface area contributed by atoms with Gasteiger partial charge in [-0.15, -0.1) is 0 Å². The molecule has 0 aliphatic carbocycles. The first kappa shape index (κ1) is 29.2. The van der Waals surface area contributed by atoms with Gasteiger partial charge in [-0.1, -0.05) is 60.1 Å². The van der Waals surface area contributed by atoms with Crippen LogP contribution in [-0.2, 0) is 4.79 Å². The second kappa shape index (κ2) is 12.4. The third-order valence-corrected chi connectivity index (χ3v) is 9.13. The number of ether oxygens (including phenoxy) is 1. The number of carbonyl (C=O) groups excluding carboxylic acids is 1. The van der Waals surface area contributed by atoms with E-state index in [4.69, 9.17) is 44.5 Å². The van der Waals surface area contributed by atoms with Crippen LogP contribution in [0.15, 0.2) is 61.2 Å². The molecular weight excluding hydrogens is 583 g/mol. The third-order valence-electron chi connectivity index (χ3n) is 8.51. The highest BCUT2D eigenvalue weighted by atomic mass is 35.5. The van der Waals surface area contributed by atoms with Crippen LogP contribution in [0, 0.1) is 6.57 Å². The Labute approximate surface area is 261 Å². The summed E-state index contributed by atoms with van der Waals surface area (Å²) in [5.41, 5.74) is 2.42. The summed E-state index contributed by atoms with van der Waals surface area (Å²) in [6.45, 7) is 14.3. The minimum Gasteiger partial charge on any atom is -0.462 e. The van der Waals surface area contributed by atoms with Gasteiger partial charge < -0.3 is 24.3 Å². The Hall–Kier alpha value is -3.90. The summed E-state index contributed by atoms with van der Waals surface area (Å²) in [6, 6.07) is 16.1. The first-order valence-corrected chi connectivity index (χ1v) is 15.2. The number of hydrogen-bond donors (Lipinski definition) is 0. The molecule has 8 nitrogen and oxygen atoms in total. The molecule has 0 bridgehead atoms. The number of anilines is 1. The predicted molar refractivity (Wildman–Crippen MR) is 173 cm³/mol. The molecule has 3 heterocycles. The Balaban J connectivity index is 1.45. The molecule has 2 saturated heterocycles. The maximum atomic E-state index is 12.5. The number of fused-ring (bicyclic) bond motifs is 2. The number of hydrogen-bond acceptors (Lipinski definition) is 6. The van der Waals surface area contributed by atoms with Gasteiger partial charge in [-0.25, -0.2) is 6.57 Å². The van der Waals surface area contributed by atoms with Crippen molar-refractivity contribution >= 4 is 56.6 Å². The lowest BCUT2D eigenvalue weighted by Gasteiger charge is -2.39. The molecule has 6 rings (SSSR count). The number of benzene rings is 3. The summed E-state index contributed by atoms with van der Waals surface area (Å²) in [5.74, 6) is 0.497. The smallest absolute Gasteiger partial charge is 0.319 e. The highest BCUT2D eigenvalue weighted by molar-refractivity contribution is 6.38. The first-order valence-electron chi connectivity index (χ1n) is 14.4. The molecule has 0 radical (unpaired) electrons. The van der Waals surface area contributed by atoms with Crippen molar-refractivity contribution < 1.29 is 9.53 Å². The first-order chi connectivity index (χ1) is 20.9. The van der Waals surface area contributed by atoms with E-state index in [-0.39, 0.29) is 18.5 Å². The lowest BCUT2D eigenvalue weighted by molar-refractivity contribution is -0.128. The Kier molecular flexibility index (Phi) is 8.40. The van der Waals surface area contributed by atoms with Crippen LogP contribution in [-0.4, -0.2) is 84.1 Å². The fourth-order valence-corrected chi connectivity index (χ4v) is 6.77. The average molecular weight is 616 g/mol. The Morgan fingerprint density at radius 3 is 2.65 bits per heavy atom. The number of rotatable bonds is 7. The monoisotopic (exact) mass is 614 g/mol. The summed E-state index contributed by atoms with van der Waals surface area (Å²) in [7, 11) is 2.11. The summed E-state index contributed by atoms with van der Waals surface area (Å²) in [5, 5.41) is 3.91. The lowest BCUT2D eigenvalue weighted by Crippen LogP contribution is -2.56. The van der Waals surface area contributed by atoms with Gasteiger partial charge in [0.05, 0.1) is 5.52 Å². The van der Waals surface area contributed by atoms with Gasteiger partial charge >= 0.3 is 6.01 Å². The number of halogens is 2. The zero-order chi connectivity index (χ0) is 30.1. The molecule has 10 heteroatoms. The molecule has 1 amide bonds. The molecule has 0 N–H and O–H groups in total. The van der Waals surface area contributed by atoms with Crippen LogP contribution >= 0.6 is 23.2 Å². The van der Waals surface area contributed by atoms with E-state index in [9.17, 15) is 4.79 Å². The maximum Gasteiger partial charge on any atom is 0.319 e. The number of amides is 1. The number of piperazine rings is 1. The average Bonchev–Trinajstić information content (AvgIpc) is 3.43. The molecule has 3 aromatic carbocycles. The van der Waals surface area contributed by atoms with Crippen molar-refractivity contribution in [3.8, 4) is 17.1 Å². The number of nitrogens with zero attached hydrogens (tertiary/aromatic N) is 6. The molecule has 43 heavy (non-hydrogen) atoms. The molecule has 2 fully saturated rings. The molecule has 2 aliphatic heterocycles. The Morgan fingerprint density at radius 1 is 1.09 bits per heavy atom. The van der Waals surface area contributed by atoms with Crippen molar-refractivity contribution in [1.29, 1.82) is 0 Å². The summed E-state index contributed by atoms with van der Waals surface area (Å²) in [4.78, 5) is 32.0. The SMILES string of the molecule is [C-]#[N+]C[C@H]1CN(c2nc(OC[C@@H]3CCCN3C)nc3cc(-c4cccc5cccc(Cl)c45)c(Cl)cc23)CCN1C(=O)C=C. The highest BCUT2D eigenvalue weighted by Gasteiger charge is 2.33. The Bertz CT molecular complexity index is 1750. The van der Waals surface area contributed by atoms with E-state index in [2.05, 4.69) is 28.3 Å². The summed E-state index contributed by atoms with van der Waals surface area (Å²) in [6.07, 6.45) is 3.51. The normalized spacial score (nSPS) is 19.1. The van der Waals surface area contributed by atoms with Gasteiger partial charge in [0.2, 0.25) is 12.5 Å². The van der Waals surface area contributed by atoms with Crippen LogP contribution < -0.4 is 9.64 Å². The number of likely N-dealkylation sites (N-methyl/N-ethyl adjacent to an activating group) is 1. The van der Waals surface area contributed by atoms with Crippen molar-refractivity contribution in [2.45, 2.75) is 24.9 Å². The number of likely N-dealkylation sites (tertiary alicyclic amines) is 1. The molecule has 220 valence electrons. The van der Waals surface area contributed by atoms with Gasteiger partial charge in [0.15, 0.2) is 0 Å². The summed E-state index contributed by atoms with van der Waals surface area (Å²) >= 11 is 13.7. The van der Waals surface area contributed by atoms with E-state index >= 15 is 0 Å². The third kappa shape index (κ3) is 5.73. The second-order valence-corrected chi connectivity index (χ2v) is 11.9. The van der Waals surface area contributed by atoms with Gasteiger partial charge in [0.25, 0.3) is 0 Å². The van der Waals surface area contributed by atoms with Crippen LogP contribution in [0.3, 0.4) is 0 Å². The van der Waals surface area contributed by atoms with E-state index in [1.807, 2.05) is 48.5 Å². The number of aromatic nitrogens is 2. The van der Waals surface area contributed by atoms with Crippen molar-refractivity contribution in [3.63, 3.8) is 0 Å². The van der Waals surface area contributed by atoms with Crippen LogP contribution in [0.4, 0.5) is 5.82 Å². The topological polar surface area (TPSA) is 66.2 Å². The largest absolute Gasteiger partial charge is 0.462 e. The number of carbonyl (C=O) groups is 1. The van der Waals surface area contributed by atoms with Crippen LogP contribution in [0.5, 0.6) is 6.01 Å². The van der Waals surface area contributed by atoms with Gasteiger partial charge in [-0.2, -0.15) is 9.97 Å². The van der Waals surface area contributed by atoms with Gasteiger partial charge in [0.1, 0.15) is 18.5 Å². The van der Waals surface area contributed by atoms with Gasteiger partial charge in [-0.3, -0.25) is 4.79 Å². The van der Waals surface area contributed by atoms with E-state index in [1.54, 1.807) is 4.90 Å². The van der Waals surface area contributed by atoms with Crippen molar-refractivity contribution in [2.75, 3.05) is 51.3 Å². The van der Waals surface area contributed by atoms with Crippen LogP contribution in [0.25, 0.3) is 37.6 Å². The zero-order valence-corrected chi connectivity index (χ0v) is 25.5. The predicted octanol–water partition coefficient (Wildman–Crippen LogP) is 6.35. The molecule has 0 spiro atoms. The minimum absolute atomic E-state index is 0.174. The molecule has 4 aromatic rings. The standard InChI is InChI=1S/C33H32Cl2N6O2/c1-4-30(42)41-15-14-40(19-23(41)18-36-2)32-26-16-28(35)25(24-11-5-8-21-9-6-12-27(34)31(21)24)17-29(26)37-33(38-32)43-20-22-10-7-13-39(22)3/h4-6,8-9,11-12,16-17,22-23H,1,7,10,13-15,18-20H2,3H3/t22-,23-/m0/s1. The molecule has 0 saturated carbocycles. The van der Waals surface area contributed by atoms with E-state index in [0.717, 1.165) is 46.7 Å². The fourth-order valence-electron chi connectivity index (χ4n) is 6.22. The zero-order valence-electron chi connectivity index (χ0n) is 24.0. The van der Waals surface area contributed by atoms with E-state index in [0.29, 0.717) is 59.7 Å². The van der Waals surface area contributed by atoms with Crippen LogP contribution in [0.1, 0.15) is 12.8 Å². The lowest BCUT2D eigenvalue weighted by atomic mass is 9.97. The highest BCUT2D eigenvalue weighted by Crippen LogP contribution is 2.40. The van der Waals surface area contributed by atoms with E-state index < -0.39 is 0 Å². The quantitative estimate of drug-likeness (QED) is 0.178. The van der Waals surface area contributed by atoms with Crippen molar-refractivity contribution in [3.05, 3.63) is 82.6 Å². The molecule has 2 aliphatic rings. The van der Waals surface area contributed by atoms with Gasteiger partial charge in [0, 0.05) is 52.1 Å². The van der Waals surface area contributed by atoms with Crippen molar-refractivity contribution in [1.82, 2.24) is 19.8 Å². The van der Waals surface area contributed by atoms with Crippen molar-refractivity contribution in [2.24, 2.45) is 0 Å². The minimum atomic E-state index is -0.300. The molecule has 2 atom stereocenters. The maximum absolute atomic E-state index is 12.5. The molecule has 1 aromatic heterocycles. The molecule has 0 unspecified atom stereocenters. The Morgan fingerprint density at radius 2 is 1.91 bits per heavy atom.